The van der Waals surface area contributed by atoms with Crippen molar-refractivity contribution in [2.75, 3.05) is 18.5 Å². The second-order valence-electron chi connectivity index (χ2n) is 3.35. The molecule has 0 heterocycles. The van der Waals surface area contributed by atoms with Crippen LogP contribution in [0.4, 0.5) is 5.69 Å². The molecule has 0 amide bonds. The number of ether oxygens (including phenoxy) is 1. The highest BCUT2D eigenvalue weighted by Gasteiger charge is 1.95. The first kappa shape index (κ1) is 15.6. The molecule has 1 aromatic carbocycles. The van der Waals surface area contributed by atoms with Crippen LogP contribution in [0.2, 0.25) is 0 Å². The van der Waals surface area contributed by atoms with E-state index in [9.17, 15) is 0 Å². The van der Waals surface area contributed by atoms with Crippen molar-refractivity contribution in [3.8, 4) is 5.75 Å². The summed E-state index contributed by atoms with van der Waals surface area (Å²) in [5.41, 5.74) is 6.61. The number of hydrogen-bond acceptors (Lipinski definition) is 2. The summed E-state index contributed by atoms with van der Waals surface area (Å²) in [6.07, 6.45) is 0.992. The number of guanidine groups is 1. The van der Waals surface area contributed by atoms with Gasteiger partial charge in [0.05, 0.1) is 6.61 Å². The Morgan fingerprint density at radius 2 is 1.94 bits per heavy atom. The molecule has 4 nitrogen and oxygen atoms in total. The van der Waals surface area contributed by atoms with Gasteiger partial charge in [0, 0.05) is 12.2 Å². The first-order valence-corrected chi connectivity index (χ1v) is 5.56. The third-order valence-electron chi connectivity index (χ3n) is 1.94. The van der Waals surface area contributed by atoms with Crippen LogP contribution in [0.25, 0.3) is 0 Å². The monoisotopic (exact) mass is 257 g/mol. The molecule has 0 spiro atoms. The van der Waals surface area contributed by atoms with E-state index in [1.807, 2.05) is 31.2 Å². The highest BCUT2D eigenvalue weighted by Crippen LogP contribution is 2.15. The predicted molar refractivity (Wildman–Crippen MR) is 75.3 cm³/mol. The van der Waals surface area contributed by atoms with Crippen molar-refractivity contribution in [1.29, 1.82) is 0 Å². The van der Waals surface area contributed by atoms with Gasteiger partial charge in [-0.05, 0) is 37.6 Å². The van der Waals surface area contributed by atoms with Gasteiger partial charge in [0.2, 0.25) is 0 Å². The summed E-state index contributed by atoms with van der Waals surface area (Å²) in [4.78, 5) is 4.15. The topological polar surface area (TPSA) is 59.6 Å². The van der Waals surface area contributed by atoms with E-state index < -0.39 is 0 Å². The molecule has 1 aromatic rings. The van der Waals surface area contributed by atoms with Gasteiger partial charge >= 0.3 is 0 Å². The molecule has 17 heavy (non-hydrogen) atoms. The Labute approximate surface area is 109 Å². The van der Waals surface area contributed by atoms with Crippen molar-refractivity contribution in [2.45, 2.75) is 20.3 Å². The van der Waals surface area contributed by atoms with E-state index in [1.165, 1.54) is 0 Å². The molecule has 0 saturated carbocycles. The van der Waals surface area contributed by atoms with Crippen molar-refractivity contribution in [2.24, 2.45) is 10.7 Å². The van der Waals surface area contributed by atoms with E-state index in [1.54, 1.807) is 0 Å². The van der Waals surface area contributed by atoms with E-state index in [2.05, 4.69) is 17.2 Å². The summed E-state index contributed by atoms with van der Waals surface area (Å²) in [6.45, 7) is 5.44. The van der Waals surface area contributed by atoms with Crippen LogP contribution in [0.1, 0.15) is 20.3 Å². The molecule has 0 saturated heterocycles. The Hall–Kier alpha value is -1.42. The van der Waals surface area contributed by atoms with Crippen LogP contribution in [-0.2, 0) is 0 Å². The van der Waals surface area contributed by atoms with Crippen LogP contribution in [0, 0.1) is 0 Å². The van der Waals surface area contributed by atoms with Crippen molar-refractivity contribution in [3.05, 3.63) is 24.3 Å². The number of aliphatic imine (C=N–C) groups is 1. The lowest BCUT2D eigenvalue weighted by atomic mass is 10.3. The van der Waals surface area contributed by atoms with Gasteiger partial charge in [0.1, 0.15) is 5.75 Å². The molecule has 0 unspecified atom stereocenters. The van der Waals surface area contributed by atoms with Gasteiger partial charge in [0.25, 0.3) is 0 Å². The third kappa shape index (κ3) is 6.02. The molecule has 0 aliphatic heterocycles. The van der Waals surface area contributed by atoms with Gasteiger partial charge in [-0.2, -0.15) is 0 Å². The minimum atomic E-state index is 0. The molecule has 0 radical (unpaired) electrons. The fourth-order valence-electron chi connectivity index (χ4n) is 1.22. The number of hydrogen-bond donors (Lipinski definition) is 2. The van der Waals surface area contributed by atoms with Crippen LogP contribution < -0.4 is 15.8 Å². The van der Waals surface area contributed by atoms with E-state index in [-0.39, 0.29) is 12.4 Å². The molecule has 0 aromatic heterocycles. The highest BCUT2D eigenvalue weighted by atomic mass is 35.5. The smallest absolute Gasteiger partial charge is 0.193 e. The zero-order valence-electron chi connectivity index (χ0n) is 10.3. The lowest BCUT2D eigenvalue weighted by Gasteiger charge is -2.07. The number of benzene rings is 1. The van der Waals surface area contributed by atoms with Crippen LogP contribution in [0.5, 0.6) is 5.75 Å². The Morgan fingerprint density at radius 3 is 2.47 bits per heavy atom. The minimum Gasteiger partial charge on any atom is -0.494 e. The Kier molecular flexibility index (Phi) is 7.97. The highest BCUT2D eigenvalue weighted by molar-refractivity contribution is 5.92. The molecule has 0 aliphatic carbocycles. The van der Waals surface area contributed by atoms with Gasteiger partial charge < -0.3 is 15.8 Å². The molecular formula is C12H20ClN3O. The zero-order valence-corrected chi connectivity index (χ0v) is 11.1. The summed E-state index contributed by atoms with van der Waals surface area (Å²) in [6, 6.07) is 7.64. The third-order valence-corrected chi connectivity index (χ3v) is 1.94. The zero-order chi connectivity index (χ0) is 11.8. The first-order chi connectivity index (χ1) is 7.76. The van der Waals surface area contributed by atoms with Gasteiger partial charge in [-0.3, -0.25) is 4.99 Å². The summed E-state index contributed by atoms with van der Waals surface area (Å²) < 4.78 is 5.34. The fraction of sp³-hybridized carbons (Fsp3) is 0.417. The van der Waals surface area contributed by atoms with Crippen LogP contribution in [0.15, 0.2) is 29.3 Å². The average molecular weight is 258 g/mol. The quantitative estimate of drug-likeness (QED) is 0.630. The molecule has 0 atom stereocenters. The number of anilines is 1. The molecule has 0 fully saturated rings. The average Bonchev–Trinajstić information content (AvgIpc) is 2.29. The Bertz CT molecular complexity index is 338. The molecule has 96 valence electrons. The van der Waals surface area contributed by atoms with E-state index in [0.717, 1.165) is 24.4 Å². The number of halogens is 1. The van der Waals surface area contributed by atoms with Gasteiger partial charge in [-0.25, -0.2) is 0 Å². The second kappa shape index (κ2) is 8.70. The Morgan fingerprint density at radius 1 is 1.29 bits per heavy atom. The summed E-state index contributed by atoms with van der Waals surface area (Å²) in [5.74, 6) is 1.31. The number of nitrogens with zero attached hydrogens (tertiary/aromatic N) is 1. The van der Waals surface area contributed by atoms with Gasteiger partial charge in [0.15, 0.2) is 5.96 Å². The van der Waals surface area contributed by atoms with E-state index in [0.29, 0.717) is 12.6 Å². The van der Waals surface area contributed by atoms with Crippen molar-refractivity contribution >= 4 is 24.1 Å². The van der Waals surface area contributed by atoms with Crippen molar-refractivity contribution in [1.82, 2.24) is 0 Å². The number of nitrogens with two attached hydrogens (primary N) is 1. The predicted octanol–water partition coefficient (Wildman–Crippen LogP) is 2.64. The lowest BCUT2D eigenvalue weighted by Crippen LogP contribution is -2.22. The van der Waals surface area contributed by atoms with Crippen LogP contribution >= 0.6 is 12.4 Å². The lowest BCUT2D eigenvalue weighted by molar-refractivity contribution is 0.340. The maximum atomic E-state index is 5.70. The van der Waals surface area contributed by atoms with Crippen LogP contribution in [-0.4, -0.2) is 19.1 Å². The largest absolute Gasteiger partial charge is 0.494 e. The van der Waals surface area contributed by atoms with Gasteiger partial charge in [-0.1, -0.05) is 6.92 Å². The fourth-order valence-corrected chi connectivity index (χ4v) is 1.22. The molecule has 1 rings (SSSR count). The minimum absolute atomic E-state index is 0. The van der Waals surface area contributed by atoms with E-state index >= 15 is 0 Å². The molecule has 0 aliphatic rings. The molecule has 5 heteroatoms. The van der Waals surface area contributed by atoms with Crippen LogP contribution in [0.3, 0.4) is 0 Å². The Balaban J connectivity index is 0.00000256. The standard InChI is InChI=1S/C12H19N3O.ClH/c1-3-9-14-12(13)15-10-5-7-11(8-6-10)16-4-2;/h5-8H,3-4,9H2,1-2H3,(H3,13,14,15);1H. The summed E-state index contributed by atoms with van der Waals surface area (Å²) in [7, 11) is 0. The first-order valence-electron chi connectivity index (χ1n) is 5.56. The summed E-state index contributed by atoms with van der Waals surface area (Å²) >= 11 is 0. The maximum absolute atomic E-state index is 5.70. The summed E-state index contributed by atoms with van der Waals surface area (Å²) in [5, 5.41) is 3.02. The molecular weight excluding hydrogens is 238 g/mol. The van der Waals surface area contributed by atoms with Gasteiger partial charge in [-0.15, -0.1) is 12.4 Å². The van der Waals surface area contributed by atoms with Crippen molar-refractivity contribution in [3.63, 3.8) is 0 Å². The SMILES string of the molecule is CCCN=C(N)Nc1ccc(OCC)cc1.Cl. The normalized spacial score (nSPS) is 10.6. The number of nitrogens with one attached hydrogen (secondary N) is 1. The maximum Gasteiger partial charge on any atom is 0.193 e. The number of rotatable bonds is 5. The van der Waals surface area contributed by atoms with E-state index in [4.69, 9.17) is 10.5 Å². The second-order valence-corrected chi connectivity index (χ2v) is 3.35. The molecule has 0 bridgehead atoms. The van der Waals surface area contributed by atoms with Crippen molar-refractivity contribution < 1.29 is 4.74 Å². The molecule has 3 N–H and O–H groups in total.